The Balaban J connectivity index is 2.34. The Hall–Kier alpha value is -1.59. The van der Waals surface area contributed by atoms with Crippen LogP contribution in [0.1, 0.15) is 12.8 Å². The largest absolute Gasteiger partial charge is 0.469 e. The smallest absolute Gasteiger partial charge is 0.305 e. The first-order valence-corrected chi connectivity index (χ1v) is 5.13. The molecule has 1 heterocycles. The van der Waals surface area contributed by atoms with Gasteiger partial charge in [0, 0.05) is 20.0 Å². The van der Waals surface area contributed by atoms with Gasteiger partial charge < -0.3 is 14.5 Å². The van der Waals surface area contributed by atoms with E-state index >= 15 is 0 Å². The average molecular weight is 228 g/mol. The Morgan fingerprint density at radius 1 is 1.31 bits per heavy atom. The summed E-state index contributed by atoms with van der Waals surface area (Å²) in [5.41, 5.74) is 0. The molecule has 6 nitrogen and oxygen atoms in total. The van der Waals surface area contributed by atoms with Crippen LogP contribution in [-0.2, 0) is 19.1 Å². The Morgan fingerprint density at radius 2 is 2.00 bits per heavy atom. The van der Waals surface area contributed by atoms with Gasteiger partial charge in [0.05, 0.1) is 20.2 Å². The number of esters is 1. The lowest BCUT2D eigenvalue weighted by Crippen LogP contribution is -2.52. The Morgan fingerprint density at radius 3 is 2.62 bits per heavy atom. The van der Waals surface area contributed by atoms with E-state index in [1.165, 1.54) is 16.9 Å². The van der Waals surface area contributed by atoms with E-state index < -0.39 is 0 Å². The minimum atomic E-state index is -0.298. The van der Waals surface area contributed by atoms with E-state index in [2.05, 4.69) is 4.74 Å². The van der Waals surface area contributed by atoms with Crippen molar-refractivity contribution >= 4 is 17.8 Å². The number of carbonyl (C=O) groups excluding carboxylic acids is 3. The summed E-state index contributed by atoms with van der Waals surface area (Å²) in [5, 5.41) is 0. The fourth-order valence-electron chi connectivity index (χ4n) is 1.48. The van der Waals surface area contributed by atoms with E-state index in [1.807, 2.05) is 0 Å². The highest BCUT2D eigenvalue weighted by Gasteiger charge is 2.26. The molecule has 0 radical (unpaired) electrons. The molecule has 1 aliphatic heterocycles. The number of nitrogens with zero attached hydrogens (tertiary/aromatic N) is 2. The summed E-state index contributed by atoms with van der Waals surface area (Å²) in [5.74, 6) is -0.447. The fraction of sp³-hybridized carbons (Fsp3) is 0.700. The number of carbonyl (C=O) groups is 3. The zero-order valence-corrected chi connectivity index (χ0v) is 9.56. The summed E-state index contributed by atoms with van der Waals surface area (Å²) >= 11 is 0. The predicted molar refractivity (Wildman–Crippen MR) is 55.5 cm³/mol. The van der Waals surface area contributed by atoms with Gasteiger partial charge in [-0.15, -0.1) is 0 Å². The van der Waals surface area contributed by atoms with Gasteiger partial charge in [-0.05, 0) is 6.42 Å². The predicted octanol–water partition coefficient (Wildman–Crippen LogP) is -0.760. The van der Waals surface area contributed by atoms with Gasteiger partial charge in [0.2, 0.25) is 11.8 Å². The van der Waals surface area contributed by atoms with Crippen LogP contribution in [0.2, 0.25) is 0 Å². The molecule has 6 heteroatoms. The second-order valence-electron chi connectivity index (χ2n) is 3.74. The molecule has 0 bridgehead atoms. The SMILES string of the molecule is COC(=O)CCCN1CC(=O)N(C)CC1=O. The van der Waals surface area contributed by atoms with E-state index in [-0.39, 0.29) is 37.3 Å². The van der Waals surface area contributed by atoms with Crippen molar-refractivity contribution in [2.75, 3.05) is 33.8 Å². The average Bonchev–Trinajstić information content (AvgIpc) is 2.25. The third-order valence-corrected chi connectivity index (χ3v) is 2.51. The molecular formula is C10H16N2O4. The van der Waals surface area contributed by atoms with Crippen molar-refractivity contribution in [3.05, 3.63) is 0 Å². The van der Waals surface area contributed by atoms with Crippen LogP contribution >= 0.6 is 0 Å². The minimum absolute atomic E-state index is 0.0716. The molecule has 90 valence electrons. The summed E-state index contributed by atoms with van der Waals surface area (Å²) in [6.07, 6.45) is 0.791. The Labute approximate surface area is 94.1 Å². The Kier molecular flexibility index (Phi) is 4.28. The minimum Gasteiger partial charge on any atom is -0.469 e. The molecule has 0 N–H and O–H groups in total. The van der Waals surface area contributed by atoms with Crippen molar-refractivity contribution in [1.82, 2.24) is 9.80 Å². The highest BCUT2D eigenvalue weighted by molar-refractivity contribution is 5.92. The van der Waals surface area contributed by atoms with Crippen molar-refractivity contribution in [2.45, 2.75) is 12.8 Å². The van der Waals surface area contributed by atoms with Crippen LogP contribution < -0.4 is 0 Å². The highest BCUT2D eigenvalue weighted by Crippen LogP contribution is 2.04. The lowest BCUT2D eigenvalue weighted by atomic mass is 10.2. The molecule has 0 aliphatic carbocycles. The molecule has 1 aliphatic rings. The number of ether oxygens (including phenoxy) is 1. The van der Waals surface area contributed by atoms with Crippen molar-refractivity contribution in [3.8, 4) is 0 Å². The molecular weight excluding hydrogens is 212 g/mol. The summed E-state index contributed by atoms with van der Waals surface area (Å²) in [4.78, 5) is 36.6. The van der Waals surface area contributed by atoms with Crippen LogP contribution in [0.25, 0.3) is 0 Å². The molecule has 0 aromatic carbocycles. The molecule has 0 aromatic heterocycles. The van der Waals surface area contributed by atoms with Crippen LogP contribution in [0.4, 0.5) is 0 Å². The molecule has 1 saturated heterocycles. The molecule has 0 atom stereocenters. The molecule has 0 aromatic rings. The second-order valence-corrected chi connectivity index (χ2v) is 3.74. The standard InChI is InChI=1S/C10H16N2O4/c1-11-6-9(14)12(7-8(11)13)5-3-4-10(15)16-2/h3-7H2,1-2H3. The number of piperazine rings is 1. The highest BCUT2D eigenvalue weighted by atomic mass is 16.5. The van der Waals surface area contributed by atoms with E-state index in [4.69, 9.17) is 0 Å². The summed E-state index contributed by atoms with van der Waals surface area (Å²) in [7, 11) is 2.93. The van der Waals surface area contributed by atoms with Crippen molar-refractivity contribution in [1.29, 1.82) is 0 Å². The lowest BCUT2D eigenvalue weighted by molar-refractivity contribution is -0.149. The summed E-state index contributed by atoms with van der Waals surface area (Å²) < 4.78 is 4.49. The van der Waals surface area contributed by atoms with Crippen molar-refractivity contribution in [2.24, 2.45) is 0 Å². The van der Waals surface area contributed by atoms with Crippen LogP contribution in [-0.4, -0.2) is 61.4 Å². The first-order chi connectivity index (χ1) is 7.54. The number of rotatable bonds is 4. The monoisotopic (exact) mass is 228 g/mol. The molecule has 0 spiro atoms. The van der Waals surface area contributed by atoms with Gasteiger partial charge >= 0.3 is 5.97 Å². The normalized spacial score (nSPS) is 16.6. The maximum atomic E-state index is 11.5. The van der Waals surface area contributed by atoms with Gasteiger partial charge in [0.25, 0.3) is 0 Å². The second kappa shape index (κ2) is 5.48. The lowest BCUT2D eigenvalue weighted by Gasteiger charge is -2.31. The molecule has 0 saturated carbocycles. The van der Waals surface area contributed by atoms with Gasteiger partial charge in [-0.3, -0.25) is 14.4 Å². The molecule has 1 rings (SSSR count). The Bertz CT molecular complexity index is 303. The summed E-state index contributed by atoms with van der Waals surface area (Å²) in [6.45, 7) is 0.654. The van der Waals surface area contributed by atoms with Crippen molar-refractivity contribution < 1.29 is 19.1 Å². The summed E-state index contributed by atoms with van der Waals surface area (Å²) in [6, 6.07) is 0. The van der Waals surface area contributed by atoms with Crippen LogP contribution in [0.5, 0.6) is 0 Å². The van der Waals surface area contributed by atoms with Crippen LogP contribution in [0.15, 0.2) is 0 Å². The topological polar surface area (TPSA) is 66.9 Å². The number of methoxy groups -OCH3 is 1. The first kappa shape index (κ1) is 12.5. The van der Waals surface area contributed by atoms with E-state index in [0.717, 1.165) is 0 Å². The van der Waals surface area contributed by atoms with Gasteiger partial charge in [-0.1, -0.05) is 0 Å². The van der Waals surface area contributed by atoms with Gasteiger partial charge in [0.15, 0.2) is 0 Å². The zero-order chi connectivity index (χ0) is 12.1. The van der Waals surface area contributed by atoms with Gasteiger partial charge in [0.1, 0.15) is 0 Å². The van der Waals surface area contributed by atoms with E-state index in [1.54, 1.807) is 7.05 Å². The third-order valence-electron chi connectivity index (χ3n) is 2.51. The fourth-order valence-corrected chi connectivity index (χ4v) is 1.48. The third kappa shape index (κ3) is 3.22. The molecule has 16 heavy (non-hydrogen) atoms. The van der Waals surface area contributed by atoms with Crippen LogP contribution in [0, 0.1) is 0 Å². The zero-order valence-electron chi connectivity index (χ0n) is 9.56. The number of hydrogen-bond donors (Lipinski definition) is 0. The van der Waals surface area contributed by atoms with Crippen molar-refractivity contribution in [3.63, 3.8) is 0 Å². The van der Waals surface area contributed by atoms with Gasteiger partial charge in [-0.25, -0.2) is 0 Å². The molecule has 0 unspecified atom stereocenters. The first-order valence-electron chi connectivity index (χ1n) is 5.13. The van der Waals surface area contributed by atoms with E-state index in [9.17, 15) is 14.4 Å². The van der Waals surface area contributed by atoms with Gasteiger partial charge in [-0.2, -0.15) is 0 Å². The number of hydrogen-bond acceptors (Lipinski definition) is 4. The molecule has 1 fully saturated rings. The molecule has 2 amide bonds. The quantitative estimate of drug-likeness (QED) is 0.593. The van der Waals surface area contributed by atoms with E-state index in [0.29, 0.717) is 13.0 Å². The van der Waals surface area contributed by atoms with Crippen LogP contribution in [0.3, 0.4) is 0 Å². The number of amides is 2. The number of likely N-dealkylation sites (N-methyl/N-ethyl adjacent to an activating group) is 1. The maximum Gasteiger partial charge on any atom is 0.305 e. The maximum absolute atomic E-state index is 11.5.